The molecule has 9 aromatic rings. The fraction of sp³-hybridized carbons (Fsp3) is 0. The predicted octanol–water partition coefficient (Wildman–Crippen LogP) is 10.2. The van der Waals surface area contributed by atoms with E-state index in [1.165, 1.54) is 33.0 Å². The fourth-order valence-corrected chi connectivity index (χ4v) is 7.00. The molecule has 4 heteroatoms. The van der Waals surface area contributed by atoms with E-state index < -0.39 is 0 Å². The third kappa shape index (κ3) is 3.63. The SMILES string of the molecule is c1ccc2c(c1)-c1cccc3c(-c4ccc5ccc6ccc(-c7ccc(-c8cn9ccccc9n8)cc7)nc6c5n4)ccc-2c13. The van der Waals surface area contributed by atoms with Gasteiger partial charge in [-0.15, -0.1) is 0 Å². The summed E-state index contributed by atoms with van der Waals surface area (Å²) in [6.07, 6.45) is 4.09. The molecule has 0 saturated heterocycles. The minimum atomic E-state index is 0.912. The third-order valence-corrected chi connectivity index (χ3v) is 9.18. The molecular formula is C41H24N4. The predicted molar refractivity (Wildman–Crippen MR) is 184 cm³/mol. The van der Waals surface area contributed by atoms with Crippen LogP contribution in [0.15, 0.2) is 146 Å². The summed E-state index contributed by atoms with van der Waals surface area (Å²) >= 11 is 0. The second-order valence-electron chi connectivity index (χ2n) is 11.7. The molecule has 0 atom stereocenters. The molecule has 0 spiro atoms. The lowest BCUT2D eigenvalue weighted by atomic mass is 9.96. The highest BCUT2D eigenvalue weighted by Crippen LogP contribution is 2.49. The highest BCUT2D eigenvalue weighted by Gasteiger charge is 2.22. The van der Waals surface area contributed by atoms with Crippen LogP contribution in [-0.2, 0) is 0 Å². The van der Waals surface area contributed by atoms with Crippen molar-refractivity contribution in [2.45, 2.75) is 0 Å². The first kappa shape index (κ1) is 24.3. The van der Waals surface area contributed by atoms with Gasteiger partial charge in [-0.1, -0.05) is 109 Å². The molecule has 10 rings (SSSR count). The molecule has 0 fully saturated rings. The second kappa shape index (κ2) is 9.18. The minimum Gasteiger partial charge on any atom is -0.306 e. The van der Waals surface area contributed by atoms with Gasteiger partial charge in [0.15, 0.2) is 0 Å². The number of benzene rings is 5. The topological polar surface area (TPSA) is 43.1 Å². The molecule has 0 radical (unpaired) electrons. The summed E-state index contributed by atoms with van der Waals surface area (Å²) in [6.45, 7) is 0. The van der Waals surface area contributed by atoms with Gasteiger partial charge in [0.05, 0.1) is 28.1 Å². The summed E-state index contributed by atoms with van der Waals surface area (Å²) in [5.74, 6) is 0. The van der Waals surface area contributed by atoms with E-state index in [0.29, 0.717) is 0 Å². The van der Waals surface area contributed by atoms with Gasteiger partial charge in [-0.05, 0) is 57.3 Å². The van der Waals surface area contributed by atoms with Crippen molar-refractivity contribution in [2.75, 3.05) is 0 Å². The minimum absolute atomic E-state index is 0.912. The smallest absolute Gasteiger partial charge is 0.137 e. The maximum absolute atomic E-state index is 5.29. The van der Waals surface area contributed by atoms with Crippen LogP contribution in [0, 0.1) is 0 Å². The molecule has 0 bridgehead atoms. The lowest BCUT2D eigenvalue weighted by Gasteiger charge is -2.11. The largest absolute Gasteiger partial charge is 0.306 e. The Morgan fingerprint density at radius 2 is 1.00 bits per heavy atom. The zero-order valence-electron chi connectivity index (χ0n) is 24.1. The van der Waals surface area contributed by atoms with E-state index in [-0.39, 0.29) is 0 Å². The van der Waals surface area contributed by atoms with Crippen LogP contribution < -0.4 is 0 Å². The number of aromatic nitrogens is 4. The van der Waals surface area contributed by atoms with Crippen molar-refractivity contribution < 1.29 is 0 Å². The van der Waals surface area contributed by atoms with Crippen LogP contribution in [0.2, 0.25) is 0 Å². The Morgan fingerprint density at radius 3 is 1.76 bits per heavy atom. The fourth-order valence-electron chi connectivity index (χ4n) is 7.00. The molecule has 45 heavy (non-hydrogen) atoms. The molecule has 4 heterocycles. The molecule has 1 aliphatic rings. The van der Waals surface area contributed by atoms with Gasteiger partial charge in [0.2, 0.25) is 0 Å². The molecule has 0 amide bonds. The van der Waals surface area contributed by atoms with Gasteiger partial charge in [-0.25, -0.2) is 15.0 Å². The van der Waals surface area contributed by atoms with Crippen LogP contribution in [0.25, 0.3) is 94.3 Å². The quantitative estimate of drug-likeness (QED) is 0.198. The first-order valence-electron chi connectivity index (χ1n) is 15.2. The van der Waals surface area contributed by atoms with E-state index in [1.54, 1.807) is 0 Å². The van der Waals surface area contributed by atoms with Crippen LogP contribution in [0.1, 0.15) is 0 Å². The van der Waals surface area contributed by atoms with Crippen molar-refractivity contribution in [1.29, 1.82) is 0 Å². The van der Waals surface area contributed by atoms with Gasteiger partial charge in [-0.3, -0.25) is 0 Å². The van der Waals surface area contributed by atoms with Crippen LogP contribution in [-0.4, -0.2) is 19.4 Å². The van der Waals surface area contributed by atoms with Gasteiger partial charge >= 0.3 is 0 Å². The van der Waals surface area contributed by atoms with E-state index >= 15 is 0 Å². The van der Waals surface area contributed by atoms with E-state index in [2.05, 4.69) is 121 Å². The van der Waals surface area contributed by atoms with Crippen LogP contribution in [0.3, 0.4) is 0 Å². The first-order chi connectivity index (χ1) is 22.3. The lowest BCUT2D eigenvalue weighted by Crippen LogP contribution is -1.92. The summed E-state index contributed by atoms with van der Waals surface area (Å²) in [4.78, 5) is 15.3. The average Bonchev–Trinajstić information content (AvgIpc) is 3.69. The molecule has 1 aliphatic carbocycles. The van der Waals surface area contributed by atoms with Gasteiger partial charge in [-0.2, -0.15) is 0 Å². The number of imidazole rings is 1. The number of nitrogens with zero attached hydrogens (tertiary/aromatic N) is 4. The highest BCUT2D eigenvalue weighted by atomic mass is 15.0. The lowest BCUT2D eigenvalue weighted by molar-refractivity contribution is 1.19. The molecule has 5 aromatic carbocycles. The standard InChI is InChI=1S/C41H24N4/c1-2-7-30-29(6-1)32-8-5-9-33-31(19-20-34(30)39(32)33)36-22-18-28-16-15-27-17-21-35(43-40(27)41(28)44-36)25-11-13-26(14-12-25)37-24-45-23-4-3-10-38(45)42-37/h1-24H. The van der Waals surface area contributed by atoms with Crippen molar-refractivity contribution in [3.05, 3.63) is 146 Å². The first-order valence-corrected chi connectivity index (χ1v) is 15.2. The Kier molecular flexibility index (Phi) is 4.96. The van der Waals surface area contributed by atoms with Gasteiger partial charge < -0.3 is 4.40 Å². The molecule has 0 aliphatic heterocycles. The van der Waals surface area contributed by atoms with Crippen molar-refractivity contribution in [3.63, 3.8) is 0 Å². The molecule has 4 aromatic heterocycles. The Labute approximate surface area is 258 Å². The zero-order chi connectivity index (χ0) is 29.5. The number of hydrogen-bond acceptors (Lipinski definition) is 3. The highest BCUT2D eigenvalue weighted by molar-refractivity contribution is 6.18. The monoisotopic (exact) mass is 572 g/mol. The Bertz CT molecular complexity index is 2590. The number of pyridine rings is 3. The Balaban J connectivity index is 1.09. The third-order valence-electron chi connectivity index (χ3n) is 9.18. The molecule has 208 valence electrons. The summed E-state index contributed by atoms with van der Waals surface area (Å²) in [6, 6.07) is 47.2. The molecular weight excluding hydrogens is 548 g/mol. The summed E-state index contributed by atoms with van der Waals surface area (Å²) in [5, 5.41) is 4.70. The molecule has 4 nitrogen and oxygen atoms in total. The van der Waals surface area contributed by atoms with Crippen LogP contribution in [0.4, 0.5) is 0 Å². The van der Waals surface area contributed by atoms with Crippen molar-refractivity contribution in [2.24, 2.45) is 0 Å². The van der Waals surface area contributed by atoms with Gasteiger partial charge in [0.25, 0.3) is 0 Å². The van der Waals surface area contributed by atoms with Gasteiger partial charge in [0.1, 0.15) is 5.65 Å². The van der Waals surface area contributed by atoms with Crippen molar-refractivity contribution >= 4 is 38.2 Å². The maximum atomic E-state index is 5.29. The van der Waals surface area contributed by atoms with E-state index in [0.717, 1.165) is 61.2 Å². The molecule has 0 unspecified atom stereocenters. The van der Waals surface area contributed by atoms with Crippen molar-refractivity contribution in [1.82, 2.24) is 19.4 Å². The Morgan fingerprint density at radius 1 is 0.400 bits per heavy atom. The zero-order valence-corrected chi connectivity index (χ0v) is 24.1. The number of fused-ring (bicyclic) bond motifs is 7. The summed E-state index contributed by atoms with van der Waals surface area (Å²) in [7, 11) is 0. The summed E-state index contributed by atoms with van der Waals surface area (Å²) < 4.78 is 2.04. The average molecular weight is 573 g/mol. The number of rotatable bonds is 3. The van der Waals surface area contributed by atoms with E-state index in [1.807, 2.05) is 28.8 Å². The normalized spacial score (nSPS) is 12.0. The van der Waals surface area contributed by atoms with Crippen LogP contribution >= 0.6 is 0 Å². The van der Waals surface area contributed by atoms with Gasteiger partial charge in [0, 0.05) is 39.9 Å². The molecule has 0 saturated carbocycles. The van der Waals surface area contributed by atoms with E-state index in [4.69, 9.17) is 15.0 Å². The Hall–Kier alpha value is -6.13. The van der Waals surface area contributed by atoms with Crippen molar-refractivity contribution in [3.8, 4) is 56.0 Å². The number of hydrogen-bond donors (Lipinski definition) is 0. The second-order valence-corrected chi connectivity index (χ2v) is 11.7. The molecule has 0 N–H and O–H groups in total. The van der Waals surface area contributed by atoms with Crippen LogP contribution in [0.5, 0.6) is 0 Å². The maximum Gasteiger partial charge on any atom is 0.137 e. The van der Waals surface area contributed by atoms with E-state index in [9.17, 15) is 0 Å². The summed E-state index contributed by atoms with van der Waals surface area (Å²) in [5.41, 5.74) is 14.1.